The summed E-state index contributed by atoms with van der Waals surface area (Å²) in [5.41, 5.74) is 0.238. The Hall–Kier alpha value is -2.64. The molecule has 2 aromatic heterocycles. The normalized spacial score (nSPS) is 19.8. The van der Waals surface area contributed by atoms with E-state index in [0.29, 0.717) is 16.5 Å². The van der Waals surface area contributed by atoms with E-state index in [1.54, 1.807) is 25.1 Å². The molecule has 0 radical (unpaired) electrons. The Balaban J connectivity index is 1.58. The van der Waals surface area contributed by atoms with Crippen LogP contribution >= 0.6 is 22.9 Å². The molecule has 0 saturated carbocycles. The van der Waals surface area contributed by atoms with Gasteiger partial charge in [0.2, 0.25) is 0 Å². The number of hydrogen-bond acceptors (Lipinski definition) is 5. The van der Waals surface area contributed by atoms with Crippen molar-refractivity contribution in [1.29, 1.82) is 0 Å². The lowest BCUT2D eigenvalue weighted by molar-refractivity contribution is -0.132. The highest BCUT2D eigenvalue weighted by atomic mass is 35.5. The van der Waals surface area contributed by atoms with Gasteiger partial charge in [-0.05, 0) is 25.1 Å². The average Bonchev–Trinajstić information content (AvgIpc) is 3.34. The molecule has 0 aliphatic carbocycles. The molecule has 1 N–H and O–H groups in total. The molecule has 4 rings (SSSR count). The van der Waals surface area contributed by atoms with Gasteiger partial charge in [-0.3, -0.25) is 9.69 Å². The number of halogens is 1. The van der Waals surface area contributed by atoms with E-state index in [9.17, 15) is 9.59 Å². The van der Waals surface area contributed by atoms with Crippen molar-refractivity contribution in [3.8, 4) is 10.6 Å². The second kappa shape index (κ2) is 6.26. The van der Waals surface area contributed by atoms with E-state index in [1.165, 1.54) is 17.6 Å². The van der Waals surface area contributed by atoms with Gasteiger partial charge in [0.15, 0.2) is 5.54 Å². The molecule has 1 aromatic carbocycles. The highest BCUT2D eigenvalue weighted by Gasteiger charge is 2.51. The van der Waals surface area contributed by atoms with Crippen molar-refractivity contribution >= 4 is 34.9 Å². The van der Waals surface area contributed by atoms with Crippen molar-refractivity contribution in [2.45, 2.75) is 19.0 Å². The van der Waals surface area contributed by atoms with E-state index >= 15 is 0 Å². The van der Waals surface area contributed by atoms with Crippen LogP contribution < -0.4 is 5.32 Å². The molecule has 1 aliphatic heterocycles. The predicted molar refractivity (Wildman–Crippen MR) is 97.7 cm³/mol. The summed E-state index contributed by atoms with van der Waals surface area (Å²) in [7, 11) is 0. The molecule has 132 valence electrons. The Bertz CT molecular complexity index is 985. The summed E-state index contributed by atoms with van der Waals surface area (Å²) in [6, 6.07) is 10.3. The van der Waals surface area contributed by atoms with Gasteiger partial charge in [0.05, 0.1) is 23.5 Å². The molecule has 0 bridgehead atoms. The number of hydrogen-bond donors (Lipinski definition) is 1. The van der Waals surface area contributed by atoms with Crippen molar-refractivity contribution in [3.05, 3.63) is 64.5 Å². The number of thiazole rings is 1. The van der Waals surface area contributed by atoms with Gasteiger partial charge >= 0.3 is 6.03 Å². The number of carbonyl (C=O) groups is 2. The predicted octanol–water partition coefficient (Wildman–Crippen LogP) is 4.02. The summed E-state index contributed by atoms with van der Waals surface area (Å²) in [6.07, 6.45) is 1.47. The largest absolute Gasteiger partial charge is 0.466 e. The lowest BCUT2D eigenvalue weighted by Crippen LogP contribution is -2.40. The van der Waals surface area contributed by atoms with Crippen LogP contribution in [0.5, 0.6) is 0 Å². The fraction of sp³-hybridized carbons (Fsp3) is 0.167. The minimum Gasteiger partial charge on any atom is -0.466 e. The zero-order valence-electron chi connectivity index (χ0n) is 13.7. The van der Waals surface area contributed by atoms with Gasteiger partial charge in [-0.2, -0.15) is 0 Å². The van der Waals surface area contributed by atoms with Crippen LogP contribution in [0.3, 0.4) is 0 Å². The molecular formula is C18H14ClN3O3S. The Morgan fingerprint density at radius 1 is 1.27 bits per heavy atom. The topological polar surface area (TPSA) is 75.4 Å². The molecule has 1 aliphatic rings. The molecule has 1 saturated heterocycles. The third-order valence-corrected chi connectivity index (χ3v) is 5.52. The third-order valence-electron chi connectivity index (χ3n) is 4.27. The van der Waals surface area contributed by atoms with Crippen LogP contribution in [0.25, 0.3) is 10.6 Å². The Labute approximate surface area is 158 Å². The molecule has 1 fully saturated rings. The van der Waals surface area contributed by atoms with Gasteiger partial charge in [0.1, 0.15) is 10.8 Å². The minimum absolute atomic E-state index is 0.0852. The summed E-state index contributed by atoms with van der Waals surface area (Å²) >= 11 is 7.62. The first-order valence-corrected chi connectivity index (χ1v) is 9.12. The number of benzene rings is 1. The highest BCUT2D eigenvalue weighted by Crippen LogP contribution is 2.32. The van der Waals surface area contributed by atoms with E-state index in [4.69, 9.17) is 16.0 Å². The van der Waals surface area contributed by atoms with E-state index in [-0.39, 0.29) is 12.5 Å². The van der Waals surface area contributed by atoms with Crippen molar-refractivity contribution in [2.75, 3.05) is 0 Å². The van der Waals surface area contributed by atoms with Crippen LogP contribution in [0.15, 0.2) is 52.5 Å². The fourth-order valence-corrected chi connectivity index (χ4v) is 4.00. The number of nitrogens with zero attached hydrogens (tertiary/aromatic N) is 2. The summed E-state index contributed by atoms with van der Waals surface area (Å²) in [5, 5.41) is 5.87. The van der Waals surface area contributed by atoms with Gasteiger partial charge in [0, 0.05) is 10.9 Å². The first-order chi connectivity index (χ1) is 12.5. The first-order valence-electron chi connectivity index (χ1n) is 7.86. The van der Waals surface area contributed by atoms with Crippen LogP contribution in [0.1, 0.15) is 18.4 Å². The van der Waals surface area contributed by atoms with E-state index < -0.39 is 11.6 Å². The second-order valence-corrected chi connectivity index (χ2v) is 7.31. The molecule has 6 nitrogen and oxygen atoms in total. The number of amides is 3. The molecule has 8 heteroatoms. The molecule has 1 unspecified atom stereocenters. The lowest BCUT2D eigenvalue weighted by atomic mass is 9.99. The average molecular weight is 388 g/mol. The van der Waals surface area contributed by atoms with E-state index in [2.05, 4.69) is 10.3 Å². The van der Waals surface area contributed by atoms with E-state index in [0.717, 1.165) is 15.5 Å². The number of imide groups is 1. The van der Waals surface area contributed by atoms with Gasteiger partial charge in [-0.15, -0.1) is 11.3 Å². The number of urea groups is 1. The number of nitrogens with one attached hydrogen (secondary N) is 1. The monoisotopic (exact) mass is 387 g/mol. The molecular weight excluding hydrogens is 374 g/mol. The smallest absolute Gasteiger partial charge is 0.325 e. The van der Waals surface area contributed by atoms with Crippen molar-refractivity contribution in [1.82, 2.24) is 15.2 Å². The van der Waals surface area contributed by atoms with Gasteiger partial charge in [-0.25, -0.2) is 9.78 Å². The van der Waals surface area contributed by atoms with E-state index in [1.807, 2.05) is 23.6 Å². The van der Waals surface area contributed by atoms with Crippen molar-refractivity contribution in [3.63, 3.8) is 0 Å². The van der Waals surface area contributed by atoms with Crippen LogP contribution in [-0.4, -0.2) is 21.8 Å². The fourth-order valence-electron chi connectivity index (χ4n) is 2.87. The zero-order chi connectivity index (χ0) is 18.3. The summed E-state index contributed by atoms with van der Waals surface area (Å²) in [4.78, 5) is 30.8. The Kier molecular flexibility index (Phi) is 4.05. The summed E-state index contributed by atoms with van der Waals surface area (Å²) in [6.45, 7) is 1.71. The number of aromatic nitrogens is 1. The minimum atomic E-state index is -1.21. The summed E-state index contributed by atoms with van der Waals surface area (Å²) in [5.74, 6) is 0.0260. The zero-order valence-corrected chi connectivity index (χ0v) is 15.3. The first kappa shape index (κ1) is 16.8. The molecule has 1 atom stereocenters. The highest BCUT2D eigenvalue weighted by molar-refractivity contribution is 7.13. The van der Waals surface area contributed by atoms with Gasteiger partial charge < -0.3 is 9.73 Å². The number of furan rings is 1. The maximum Gasteiger partial charge on any atom is 0.325 e. The van der Waals surface area contributed by atoms with Crippen molar-refractivity contribution in [2.24, 2.45) is 0 Å². The SMILES string of the molecule is CC1(c2ccco2)NC(=O)N(Cc2csc(-c3ccccc3Cl)n2)C1=O. The third kappa shape index (κ3) is 2.69. The maximum atomic E-state index is 12.8. The Morgan fingerprint density at radius 2 is 2.08 bits per heavy atom. The van der Waals surface area contributed by atoms with Crippen LogP contribution in [-0.2, 0) is 16.9 Å². The van der Waals surface area contributed by atoms with Gasteiger partial charge in [0.25, 0.3) is 5.91 Å². The standard InChI is InChI=1S/C18H14ClN3O3S/c1-18(14-7-4-8-25-14)16(23)22(17(24)21-18)9-11-10-26-15(20-11)12-5-2-3-6-13(12)19/h2-8,10H,9H2,1H3,(H,21,24). The molecule has 0 spiro atoms. The number of rotatable bonds is 4. The Morgan fingerprint density at radius 3 is 2.81 bits per heavy atom. The molecule has 3 heterocycles. The second-order valence-electron chi connectivity index (χ2n) is 6.05. The maximum absolute atomic E-state index is 12.8. The lowest BCUT2D eigenvalue weighted by Gasteiger charge is -2.18. The molecule has 3 aromatic rings. The number of carbonyl (C=O) groups excluding carboxylic acids is 2. The molecule has 26 heavy (non-hydrogen) atoms. The van der Waals surface area contributed by atoms with Gasteiger partial charge in [-0.1, -0.05) is 29.8 Å². The van der Waals surface area contributed by atoms with Crippen molar-refractivity contribution < 1.29 is 14.0 Å². The van der Waals surface area contributed by atoms with Crippen LogP contribution in [0.2, 0.25) is 5.02 Å². The molecule has 3 amide bonds. The quantitative estimate of drug-likeness (QED) is 0.686. The summed E-state index contributed by atoms with van der Waals surface area (Å²) < 4.78 is 5.32. The van der Waals surface area contributed by atoms with Crippen LogP contribution in [0, 0.1) is 0 Å². The van der Waals surface area contributed by atoms with Crippen LogP contribution in [0.4, 0.5) is 4.79 Å².